The van der Waals surface area contributed by atoms with Crippen LogP contribution >= 0.6 is 0 Å². The molecule has 2 saturated heterocycles. The lowest BCUT2D eigenvalue weighted by molar-refractivity contribution is 0.00861. The lowest BCUT2D eigenvalue weighted by atomic mass is 9.90. The van der Waals surface area contributed by atoms with Crippen LogP contribution in [0.15, 0.2) is 0 Å². The van der Waals surface area contributed by atoms with Crippen molar-refractivity contribution in [2.24, 2.45) is 5.92 Å². The molecule has 128 valence electrons. The summed E-state index contributed by atoms with van der Waals surface area (Å²) in [5.41, 5.74) is -0.209. The van der Waals surface area contributed by atoms with Crippen LogP contribution < -0.4 is 5.32 Å². The minimum atomic E-state index is -0.209. The Hall–Kier alpha value is -0.810. The maximum atomic E-state index is 12.4. The molecule has 2 aliphatic rings. The lowest BCUT2D eigenvalue weighted by Crippen LogP contribution is -2.49. The number of nitrogens with one attached hydrogen (secondary N) is 1. The second kappa shape index (κ2) is 7.64. The molecule has 2 rings (SSSR count). The molecule has 0 aromatic heterocycles. The Labute approximate surface area is 134 Å². The average Bonchev–Trinajstić information content (AvgIpc) is 3.01. The van der Waals surface area contributed by atoms with Crippen LogP contribution in [0.4, 0.5) is 4.79 Å². The van der Waals surface area contributed by atoms with Crippen LogP contribution in [-0.4, -0.2) is 55.5 Å². The highest BCUT2D eigenvalue weighted by molar-refractivity contribution is 5.74. The number of likely N-dealkylation sites (tertiary alicyclic amines) is 1. The Balaban J connectivity index is 1.72. The Kier molecular flexibility index (Phi) is 6.09. The standard InChI is InChI=1S/C17H32N2O3/c1-13(12-17(2,3)21-4)18-16(20)19-9-7-14(8-10-19)15-6-5-11-22-15/h13-15H,5-12H2,1-4H3,(H,18,20). The number of amides is 2. The molecule has 0 radical (unpaired) electrons. The van der Waals surface area contributed by atoms with Gasteiger partial charge >= 0.3 is 6.03 Å². The summed E-state index contributed by atoms with van der Waals surface area (Å²) in [6, 6.07) is 0.170. The Morgan fingerprint density at radius 1 is 1.36 bits per heavy atom. The van der Waals surface area contributed by atoms with Gasteiger partial charge in [-0.3, -0.25) is 0 Å². The van der Waals surface area contributed by atoms with Gasteiger partial charge in [0.25, 0.3) is 0 Å². The maximum Gasteiger partial charge on any atom is 0.317 e. The van der Waals surface area contributed by atoms with Crippen LogP contribution in [-0.2, 0) is 9.47 Å². The van der Waals surface area contributed by atoms with E-state index in [0.717, 1.165) is 39.0 Å². The molecular weight excluding hydrogens is 280 g/mol. The van der Waals surface area contributed by atoms with E-state index >= 15 is 0 Å². The fourth-order valence-electron chi connectivity index (χ4n) is 3.62. The Morgan fingerprint density at radius 2 is 2.05 bits per heavy atom. The van der Waals surface area contributed by atoms with Gasteiger partial charge in [-0.2, -0.15) is 0 Å². The molecular formula is C17H32N2O3. The number of hydrogen-bond donors (Lipinski definition) is 1. The molecule has 1 N–H and O–H groups in total. The summed E-state index contributed by atoms with van der Waals surface area (Å²) >= 11 is 0. The highest BCUT2D eigenvalue weighted by Gasteiger charge is 2.31. The highest BCUT2D eigenvalue weighted by Crippen LogP contribution is 2.28. The van der Waals surface area contributed by atoms with Gasteiger partial charge in [0, 0.05) is 32.8 Å². The van der Waals surface area contributed by atoms with E-state index in [-0.39, 0.29) is 17.7 Å². The van der Waals surface area contributed by atoms with E-state index in [2.05, 4.69) is 5.32 Å². The predicted octanol–water partition coefficient (Wildman–Crippen LogP) is 2.79. The van der Waals surface area contributed by atoms with E-state index in [9.17, 15) is 4.79 Å². The zero-order valence-corrected chi connectivity index (χ0v) is 14.6. The van der Waals surface area contributed by atoms with Crippen molar-refractivity contribution in [1.82, 2.24) is 10.2 Å². The summed E-state index contributed by atoms with van der Waals surface area (Å²) in [5, 5.41) is 3.10. The van der Waals surface area contributed by atoms with Gasteiger partial charge in [0.1, 0.15) is 0 Å². The minimum Gasteiger partial charge on any atom is -0.379 e. The Morgan fingerprint density at radius 3 is 2.59 bits per heavy atom. The zero-order valence-electron chi connectivity index (χ0n) is 14.6. The topological polar surface area (TPSA) is 50.8 Å². The summed E-state index contributed by atoms with van der Waals surface area (Å²) in [6.07, 6.45) is 5.76. The molecule has 0 aromatic rings. The molecule has 22 heavy (non-hydrogen) atoms. The van der Waals surface area contributed by atoms with Crippen molar-refractivity contribution in [3.05, 3.63) is 0 Å². The largest absolute Gasteiger partial charge is 0.379 e. The van der Waals surface area contributed by atoms with E-state index in [1.165, 1.54) is 12.8 Å². The first kappa shape index (κ1) is 17.5. The molecule has 0 spiro atoms. The first-order valence-electron chi connectivity index (χ1n) is 8.63. The lowest BCUT2D eigenvalue weighted by Gasteiger charge is -2.35. The molecule has 2 heterocycles. The minimum absolute atomic E-state index is 0.0604. The van der Waals surface area contributed by atoms with Crippen LogP contribution in [0.5, 0.6) is 0 Å². The van der Waals surface area contributed by atoms with Gasteiger partial charge in [-0.15, -0.1) is 0 Å². The first-order valence-corrected chi connectivity index (χ1v) is 8.63. The summed E-state index contributed by atoms with van der Waals surface area (Å²) in [6.45, 7) is 8.73. The van der Waals surface area contributed by atoms with E-state index in [0.29, 0.717) is 12.0 Å². The monoisotopic (exact) mass is 312 g/mol. The number of hydrogen-bond acceptors (Lipinski definition) is 3. The number of carbonyl (C=O) groups is 1. The second-order valence-corrected chi connectivity index (χ2v) is 7.39. The number of urea groups is 1. The van der Waals surface area contributed by atoms with Crippen molar-refractivity contribution < 1.29 is 14.3 Å². The van der Waals surface area contributed by atoms with Crippen molar-refractivity contribution in [1.29, 1.82) is 0 Å². The third kappa shape index (κ3) is 4.85. The molecule has 2 aliphatic heterocycles. The van der Waals surface area contributed by atoms with Gasteiger partial charge in [0.15, 0.2) is 0 Å². The van der Waals surface area contributed by atoms with Crippen LogP contribution in [0.2, 0.25) is 0 Å². The van der Waals surface area contributed by atoms with Gasteiger partial charge in [-0.25, -0.2) is 4.79 Å². The smallest absolute Gasteiger partial charge is 0.317 e. The molecule has 2 amide bonds. The van der Waals surface area contributed by atoms with E-state index in [1.54, 1.807) is 7.11 Å². The van der Waals surface area contributed by atoms with Crippen LogP contribution in [0.3, 0.4) is 0 Å². The third-order valence-corrected chi connectivity index (χ3v) is 5.04. The van der Waals surface area contributed by atoms with E-state index in [1.807, 2.05) is 25.7 Å². The molecule has 2 unspecified atom stereocenters. The number of piperidine rings is 1. The van der Waals surface area contributed by atoms with E-state index in [4.69, 9.17) is 9.47 Å². The van der Waals surface area contributed by atoms with Crippen LogP contribution in [0.1, 0.15) is 52.9 Å². The second-order valence-electron chi connectivity index (χ2n) is 7.39. The fraction of sp³-hybridized carbons (Fsp3) is 0.941. The number of rotatable bonds is 5. The fourth-order valence-corrected chi connectivity index (χ4v) is 3.62. The molecule has 0 bridgehead atoms. The first-order chi connectivity index (χ1) is 10.4. The van der Waals surface area contributed by atoms with Crippen molar-refractivity contribution in [2.75, 3.05) is 26.8 Å². The van der Waals surface area contributed by atoms with Gasteiger partial charge in [0.05, 0.1) is 11.7 Å². The van der Waals surface area contributed by atoms with Crippen molar-refractivity contribution >= 4 is 6.03 Å². The highest BCUT2D eigenvalue weighted by atomic mass is 16.5. The van der Waals surface area contributed by atoms with Crippen molar-refractivity contribution in [2.45, 2.75) is 70.6 Å². The summed E-state index contributed by atoms with van der Waals surface area (Å²) in [7, 11) is 1.71. The molecule has 0 aromatic carbocycles. The van der Waals surface area contributed by atoms with Gasteiger partial charge in [-0.05, 0) is 58.8 Å². The molecule has 0 aliphatic carbocycles. The van der Waals surface area contributed by atoms with Gasteiger partial charge in [0.2, 0.25) is 0 Å². The molecule has 2 atom stereocenters. The summed E-state index contributed by atoms with van der Waals surface area (Å²) < 4.78 is 11.2. The summed E-state index contributed by atoms with van der Waals surface area (Å²) in [4.78, 5) is 14.3. The molecule has 0 saturated carbocycles. The Bertz CT molecular complexity index is 359. The molecule has 5 heteroatoms. The van der Waals surface area contributed by atoms with Crippen molar-refractivity contribution in [3.63, 3.8) is 0 Å². The van der Waals surface area contributed by atoms with Gasteiger partial charge < -0.3 is 19.7 Å². The SMILES string of the molecule is COC(C)(C)CC(C)NC(=O)N1CCC(C2CCCO2)CC1. The number of carbonyl (C=O) groups excluding carboxylic acids is 1. The average molecular weight is 312 g/mol. The summed E-state index contributed by atoms with van der Waals surface area (Å²) in [5.74, 6) is 0.636. The molecule has 5 nitrogen and oxygen atoms in total. The van der Waals surface area contributed by atoms with Gasteiger partial charge in [-0.1, -0.05) is 0 Å². The number of methoxy groups -OCH3 is 1. The maximum absolute atomic E-state index is 12.4. The molecule has 2 fully saturated rings. The van der Waals surface area contributed by atoms with Crippen LogP contribution in [0, 0.1) is 5.92 Å². The third-order valence-electron chi connectivity index (χ3n) is 5.04. The van der Waals surface area contributed by atoms with Crippen LogP contribution in [0.25, 0.3) is 0 Å². The number of nitrogens with zero attached hydrogens (tertiary/aromatic N) is 1. The predicted molar refractivity (Wildman–Crippen MR) is 87.0 cm³/mol. The normalized spacial score (nSPS) is 25.3. The zero-order chi connectivity index (χ0) is 16.2. The van der Waals surface area contributed by atoms with Crippen molar-refractivity contribution in [3.8, 4) is 0 Å². The van der Waals surface area contributed by atoms with E-state index < -0.39 is 0 Å². The quantitative estimate of drug-likeness (QED) is 0.849. The number of ether oxygens (including phenoxy) is 2.